The monoisotopic (exact) mass is 337 g/mol. The van der Waals surface area contributed by atoms with Gasteiger partial charge in [-0.3, -0.25) is 4.79 Å². The standard InChI is InChI=1S/C19H19N3O3/c1-13(15-4-5-16-17(11-15)25-12-24-16)21-18(23)7-10-22-9-6-14-3-2-8-20-19(14)22/h2-6,8-9,11,13H,7,10,12H2,1H3,(H,21,23). The average molecular weight is 337 g/mol. The minimum Gasteiger partial charge on any atom is -0.454 e. The Hall–Kier alpha value is -3.02. The molecule has 1 atom stereocenters. The molecule has 0 bridgehead atoms. The van der Waals surface area contributed by atoms with E-state index in [2.05, 4.69) is 10.3 Å². The van der Waals surface area contributed by atoms with Crippen molar-refractivity contribution in [3.8, 4) is 11.5 Å². The summed E-state index contributed by atoms with van der Waals surface area (Å²) in [5, 5.41) is 4.11. The van der Waals surface area contributed by atoms with E-state index in [1.165, 1.54) is 0 Å². The molecule has 0 radical (unpaired) electrons. The van der Waals surface area contributed by atoms with Crippen molar-refractivity contribution in [2.24, 2.45) is 0 Å². The predicted molar refractivity (Wildman–Crippen MR) is 93.5 cm³/mol. The van der Waals surface area contributed by atoms with E-state index in [4.69, 9.17) is 9.47 Å². The number of fused-ring (bicyclic) bond motifs is 2. The Kier molecular flexibility index (Phi) is 4.01. The van der Waals surface area contributed by atoms with Gasteiger partial charge < -0.3 is 19.4 Å². The highest BCUT2D eigenvalue weighted by molar-refractivity contribution is 5.78. The van der Waals surface area contributed by atoms with Crippen molar-refractivity contribution < 1.29 is 14.3 Å². The molecule has 1 amide bonds. The molecular formula is C19H19N3O3. The number of nitrogens with one attached hydrogen (secondary N) is 1. The molecule has 6 heteroatoms. The summed E-state index contributed by atoms with van der Waals surface area (Å²) in [7, 11) is 0. The van der Waals surface area contributed by atoms with Crippen molar-refractivity contribution in [2.75, 3.05) is 6.79 Å². The van der Waals surface area contributed by atoms with Crippen molar-refractivity contribution in [1.82, 2.24) is 14.9 Å². The van der Waals surface area contributed by atoms with Crippen LogP contribution in [-0.4, -0.2) is 22.3 Å². The average Bonchev–Trinajstić information content (AvgIpc) is 3.26. The molecule has 0 spiro atoms. The van der Waals surface area contributed by atoms with Crippen LogP contribution < -0.4 is 14.8 Å². The second-order valence-corrected chi connectivity index (χ2v) is 6.08. The van der Waals surface area contributed by atoms with E-state index in [1.54, 1.807) is 6.20 Å². The minimum atomic E-state index is -0.0958. The van der Waals surface area contributed by atoms with E-state index in [0.717, 1.165) is 28.1 Å². The number of benzene rings is 1. The van der Waals surface area contributed by atoms with Gasteiger partial charge in [0.1, 0.15) is 5.65 Å². The van der Waals surface area contributed by atoms with Gasteiger partial charge in [-0.2, -0.15) is 0 Å². The predicted octanol–water partition coefficient (Wildman–Crippen LogP) is 3.03. The lowest BCUT2D eigenvalue weighted by atomic mass is 10.1. The third-order valence-electron chi connectivity index (χ3n) is 4.38. The lowest BCUT2D eigenvalue weighted by Crippen LogP contribution is -2.27. The van der Waals surface area contributed by atoms with E-state index in [0.29, 0.717) is 13.0 Å². The summed E-state index contributed by atoms with van der Waals surface area (Å²) in [6, 6.07) is 11.6. The van der Waals surface area contributed by atoms with Crippen molar-refractivity contribution in [3.05, 3.63) is 54.4 Å². The van der Waals surface area contributed by atoms with Crippen LogP contribution in [0.3, 0.4) is 0 Å². The van der Waals surface area contributed by atoms with Crippen LogP contribution in [0.25, 0.3) is 11.0 Å². The molecule has 128 valence electrons. The van der Waals surface area contributed by atoms with Crippen LogP contribution in [0.15, 0.2) is 48.8 Å². The smallest absolute Gasteiger partial charge is 0.231 e. The van der Waals surface area contributed by atoms with Gasteiger partial charge in [-0.25, -0.2) is 4.98 Å². The van der Waals surface area contributed by atoms with Crippen molar-refractivity contribution in [1.29, 1.82) is 0 Å². The highest BCUT2D eigenvalue weighted by atomic mass is 16.7. The number of rotatable bonds is 5. The molecule has 2 aromatic heterocycles. The summed E-state index contributed by atoms with van der Waals surface area (Å²) < 4.78 is 12.7. The maximum Gasteiger partial charge on any atom is 0.231 e. The van der Waals surface area contributed by atoms with Gasteiger partial charge in [-0.05, 0) is 42.8 Å². The first-order valence-electron chi connectivity index (χ1n) is 8.29. The zero-order valence-electron chi connectivity index (χ0n) is 13.9. The van der Waals surface area contributed by atoms with Crippen LogP contribution >= 0.6 is 0 Å². The van der Waals surface area contributed by atoms with Crippen LogP contribution in [0, 0.1) is 0 Å². The number of amides is 1. The number of ether oxygens (including phenoxy) is 2. The lowest BCUT2D eigenvalue weighted by molar-refractivity contribution is -0.121. The first-order valence-corrected chi connectivity index (χ1v) is 8.29. The maximum atomic E-state index is 12.3. The number of nitrogens with zero attached hydrogens (tertiary/aromatic N) is 2. The summed E-state index contributed by atoms with van der Waals surface area (Å²) in [6.07, 6.45) is 4.13. The van der Waals surface area contributed by atoms with Gasteiger partial charge in [0.05, 0.1) is 6.04 Å². The number of pyridine rings is 1. The Morgan fingerprint density at radius 3 is 3.08 bits per heavy atom. The highest BCUT2D eigenvalue weighted by Crippen LogP contribution is 2.34. The van der Waals surface area contributed by atoms with E-state index < -0.39 is 0 Å². The molecule has 6 nitrogen and oxygen atoms in total. The number of aromatic nitrogens is 2. The number of hydrogen-bond donors (Lipinski definition) is 1. The molecule has 3 aromatic rings. The van der Waals surface area contributed by atoms with Gasteiger partial charge in [-0.15, -0.1) is 0 Å². The summed E-state index contributed by atoms with van der Waals surface area (Å²) in [5.41, 5.74) is 1.89. The first-order chi connectivity index (χ1) is 12.2. The van der Waals surface area contributed by atoms with Crippen molar-refractivity contribution in [2.45, 2.75) is 25.9 Å². The molecule has 1 aromatic carbocycles. The van der Waals surface area contributed by atoms with Gasteiger partial charge >= 0.3 is 0 Å². The molecule has 1 N–H and O–H groups in total. The fraction of sp³-hybridized carbons (Fsp3) is 0.263. The summed E-state index contributed by atoms with van der Waals surface area (Å²) in [6.45, 7) is 2.81. The van der Waals surface area contributed by atoms with Gasteiger partial charge in [0, 0.05) is 30.7 Å². The zero-order chi connectivity index (χ0) is 17.2. The maximum absolute atomic E-state index is 12.3. The lowest BCUT2D eigenvalue weighted by Gasteiger charge is -2.15. The fourth-order valence-corrected chi connectivity index (χ4v) is 3.00. The van der Waals surface area contributed by atoms with Gasteiger partial charge in [0.15, 0.2) is 11.5 Å². The number of carbonyl (C=O) groups excluding carboxylic acids is 1. The van der Waals surface area contributed by atoms with Crippen LogP contribution in [-0.2, 0) is 11.3 Å². The molecule has 0 fully saturated rings. The molecule has 1 aliphatic heterocycles. The molecule has 3 heterocycles. The number of hydrogen-bond acceptors (Lipinski definition) is 4. The zero-order valence-corrected chi connectivity index (χ0v) is 13.9. The van der Waals surface area contributed by atoms with Crippen molar-refractivity contribution >= 4 is 16.9 Å². The number of aryl methyl sites for hydroxylation is 1. The summed E-state index contributed by atoms with van der Waals surface area (Å²) in [4.78, 5) is 16.7. The molecule has 25 heavy (non-hydrogen) atoms. The van der Waals surface area contributed by atoms with E-state index in [9.17, 15) is 4.79 Å². The van der Waals surface area contributed by atoms with Gasteiger partial charge in [0.2, 0.25) is 12.7 Å². The Morgan fingerprint density at radius 2 is 2.16 bits per heavy atom. The molecule has 0 aliphatic carbocycles. The van der Waals surface area contributed by atoms with E-state index in [1.807, 2.05) is 54.1 Å². The molecule has 1 aliphatic rings. The second kappa shape index (κ2) is 6.47. The Balaban J connectivity index is 1.37. The summed E-state index contributed by atoms with van der Waals surface area (Å²) >= 11 is 0. The fourth-order valence-electron chi connectivity index (χ4n) is 3.00. The highest BCUT2D eigenvalue weighted by Gasteiger charge is 2.17. The third-order valence-corrected chi connectivity index (χ3v) is 4.38. The van der Waals surface area contributed by atoms with Crippen LogP contribution in [0.4, 0.5) is 0 Å². The molecule has 0 saturated carbocycles. The minimum absolute atomic E-state index is 0.00273. The van der Waals surface area contributed by atoms with Crippen molar-refractivity contribution in [3.63, 3.8) is 0 Å². The molecule has 1 unspecified atom stereocenters. The Labute approximate surface area is 145 Å². The van der Waals surface area contributed by atoms with Crippen LogP contribution in [0.1, 0.15) is 24.9 Å². The first kappa shape index (κ1) is 15.5. The Morgan fingerprint density at radius 1 is 1.28 bits per heavy atom. The number of carbonyl (C=O) groups is 1. The summed E-state index contributed by atoms with van der Waals surface area (Å²) in [5.74, 6) is 1.47. The van der Waals surface area contributed by atoms with E-state index in [-0.39, 0.29) is 18.7 Å². The Bertz CT molecular complexity index is 919. The van der Waals surface area contributed by atoms with Crippen LogP contribution in [0.5, 0.6) is 11.5 Å². The van der Waals surface area contributed by atoms with Crippen LogP contribution in [0.2, 0.25) is 0 Å². The second-order valence-electron chi connectivity index (χ2n) is 6.08. The molecule has 0 saturated heterocycles. The molecule has 4 rings (SSSR count). The van der Waals surface area contributed by atoms with E-state index >= 15 is 0 Å². The topological polar surface area (TPSA) is 65.4 Å². The quantitative estimate of drug-likeness (QED) is 0.777. The van der Waals surface area contributed by atoms with Gasteiger partial charge in [-0.1, -0.05) is 6.07 Å². The normalized spacial score (nSPS) is 13.8. The molecular weight excluding hydrogens is 318 g/mol. The SMILES string of the molecule is CC(NC(=O)CCn1ccc2cccnc21)c1ccc2c(c1)OCO2. The van der Waals surface area contributed by atoms with Gasteiger partial charge in [0.25, 0.3) is 0 Å². The largest absolute Gasteiger partial charge is 0.454 e. The third kappa shape index (κ3) is 3.15.